The first-order valence-electron chi connectivity index (χ1n) is 5.41. The van der Waals surface area contributed by atoms with E-state index in [1.807, 2.05) is 18.2 Å². The Balaban J connectivity index is 1.99. The summed E-state index contributed by atoms with van der Waals surface area (Å²) >= 11 is 0. The SMILES string of the molecule is Nc1ccc2c(C(=O)NC3CC3)c[nH]c2c1. The summed E-state index contributed by atoms with van der Waals surface area (Å²) < 4.78 is 0. The van der Waals surface area contributed by atoms with Crippen molar-refractivity contribution in [2.75, 3.05) is 5.73 Å². The molecule has 1 aromatic heterocycles. The van der Waals surface area contributed by atoms with Crippen LogP contribution in [0.5, 0.6) is 0 Å². The van der Waals surface area contributed by atoms with Crippen molar-refractivity contribution >= 4 is 22.5 Å². The molecule has 4 nitrogen and oxygen atoms in total. The molecule has 2 aromatic rings. The van der Waals surface area contributed by atoms with E-state index in [4.69, 9.17) is 5.73 Å². The van der Waals surface area contributed by atoms with E-state index in [0.717, 1.165) is 23.7 Å². The lowest BCUT2D eigenvalue weighted by Crippen LogP contribution is -2.24. The zero-order valence-corrected chi connectivity index (χ0v) is 8.79. The Morgan fingerprint density at radius 2 is 2.25 bits per heavy atom. The number of nitrogens with two attached hydrogens (primary N) is 1. The topological polar surface area (TPSA) is 70.9 Å². The van der Waals surface area contributed by atoms with E-state index in [1.165, 1.54) is 0 Å². The van der Waals surface area contributed by atoms with Gasteiger partial charge in [0.2, 0.25) is 0 Å². The summed E-state index contributed by atoms with van der Waals surface area (Å²) in [5.74, 6) is -0.00137. The highest BCUT2D eigenvalue weighted by atomic mass is 16.1. The molecule has 1 aliphatic rings. The molecule has 4 N–H and O–H groups in total. The number of nitrogens with one attached hydrogen (secondary N) is 2. The third-order valence-electron chi connectivity index (χ3n) is 2.86. The minimum absolute atomic E-state index is 0.00137. The van der Waals surface area contributed by atoms with Gasteiger partial charge in [-0.05, 0) is 31.0 Å². The van der Waals surface area contributed by atoms with E-state index < -0.39 is 0 Å². The average Bonchev–Trinajstić information content (AvgIpc) is 2.96. The van der Waals surface area contributed by atoms with Crippen LogP contribution in [-0.2, 0) is 0 Å². The largest absolute Gasteiger partial charge is 0.399 e. The van der Waals surface area contributed by atoms with Gasteiger partial charge in [-0.25, -0.2) is 0 Å². The Morgan fingerprint density at radius 3 is 3.00 bits per heavy atom. The van der Waals surface area contributed by atoms with Crippen molar-refractivity contribution in [3.05, 3.63) is 30.0 Å². The Labute approximate surface area is 92.8 Å². The van der Waals surface area contributed by atoms with Crippen LogP contribution in [-0.4, -0.2) is 16.9 Å². The number of hydrogen-bond donors (Lipinski definition) is 3. The summed E-state index contributed by atoms with van der Waals surface area (Å²) in [7, 11) is 0. The molecule has 1 saturated carbocycles. The van der Waals surface area contributed by atoms with Crippen molar-refractivity contribution in [2.24, 2.45) is 0 Å². The van der Waals surface area contributed by atoms with Gasteiger partial charge in [-0.3, -0.25) is 4.79 Å². The number of fused-ring (bicyclic) bond motifs is 1. The van der Waals surface area contributed by atoms with Crippen LogP contribution in [0.3, 0.4) is 0 Å². The van der Waals surface area contributed by atoms with Crippen LogP contribution in [0.2, 0.25) is 0 Å². The average molecular weight is 215 g/mol. The molecule has 16 heavy (non-hydrogen) atoms. The molecule has 1 amide bonds. The Morgan fingerprint density at radius 1 is 1.44 bits per heavy atom. The lowest BCUT2D eigenvalue weighted by molar-refractivity contribution is 0.0953. The third-order valence-corrected chi connectivity index (χ3v) is 2.86. The monoisotopic (exact) mass is 215 g/mol. The van der Waals surface area contributed by atoms with Crippen molar-refractivity contribution in [3.8, 4) is 0 Å². The van der Waals surface area contributed by atoms with Gasteiger partial charge in [-0.2, -0.15) is 0 Å². The van der Waals surface area contributed by atoms with Crippen LogP contribution < -0.4 is 11.1 Å². The van der Waals surface area contributed by atoms with E-state index >= 15 is 0 Å². The quantitative estimate of drug-likeness (QED) is 0.666. The third kappa shape index (κ3) is 1.52. The van der Waals surface area contributed by atoms with Gasteiger partial charge in [0.15, 0.2) is 0 Å². The van der Waals surface area contributed by atoms with Crippen molar-refractivity contribution in [3.63, 3.8) is 0 Å². The van der Waals surface area contributed by atoms with Crippen LogP contribution in [0.4, 0.5) is 5.69 Å². The summed E-state index contributed by atoms with van der Waals surface area (Å²) in [5, 5.41) is 3.90. The van der Waals surface area contributed by atoms with E-state index in [1.54, 1.807) is 6.20 Å². The number of hydrogen-bond acceptors (Lipinski definition) is 2. The fourth-order valence-electron chi connectivity index (χ4n) is 1.82. The molecule has 0 saturated heterocycles. The lowest BCUT2D eigenvalue weighted by Gasteiger charge is -2.01. The molecule has 0 spiro atoms. The number of benzene rings is 1. The van der Waals surface area contributed by atoms with Gasteiger partial charge in [0.1, 0.15) is 0 Å². The lowest BCUT2D eigenvalue weighted by atomic mass is 10.1. The zero-order chi connectivity index (χ0) is 11.1. The molecule has 1 aliphatic carbocycles. The van der Waals surface area contributed by atoms with Crippen LogP contribution in [0.15, 0.2) is 24.4 Å². The van der Waals surface area contributed by atoms with Gasteiger partial charge in [-0.15, -0.1) is 0 Å². The second-order valence-electron chi connectivity index (χ2n) is 4.26. The number of amides is 1. The fraction of sp³-hybridized carbons (Fsp3) is 0.250. The molecular weight excluding hydrogens is 202 g/mol. The minimum atomic E-state index is -0.00137. The predicted molar refractivity (Wildman–Crippen MR) is 63.2 cm³/mol. The summed E-state index contributed by atoms with van der Waals surface area (Å²) in [5.41, 5.74) is 7.98. The van der Waals surface area contributed by atoms with Crippen LogP contribution in [0.25, 0.3) is 10.9 Å². The van der Waals surface area contributed by atoms with Crippen molar-refractivity contribution < 1.29 is 4.79 Å². The van der Waals surface area contributed by atoms with Gasteiger partial charge in [-0.1, -0.05) is 0 Å². The first-order valence-corrected chi connectivity index (χ1v) is 5.41. The van der Waals surface area contributed by atoms with E-state index in [0.29, 0.717) is 17.3 Å². The molecule has 0 aliphatic heterocycles. The fourth-order valence-corrected chi connectivity index (χ4v) is 1.82. The Bertz CT molecular complexity index is 554. The molecule has 0 radical (unpaired) electrons. The van der Waals surface area contributed by atoms with Gasteiger partial charge < -0.3 is 16.0 Å². The molecule has 0 unspecified atom stereocenters. The summed E-state index contributed by atoms with van der Waals surface area (Å²) in [6, 6.07) is 5.90. The Hall–Kier alpha value is -1.97. The molecular formula is C12H13N3O. The van der Waals surface area contributed by atoms with Crippen molar-refractivity contribution in [1.82, 2.24) is 10.3 Å². The van der Waals surface area contributed by atoms with E-state index in [-0.39, 0.29) is 5.91 Å². The highest BCUT2D eigenvalue weighted by Crippen LogP contribution is 2.23. The molecule has 1 aromatic carbocycles. The number of rotatable bonds is 2. The highest BCUT2D eigenvalue weighted by molar-refractivity contribution is 6.07. The summed E-state index contributed by atoms with van der Waals surface area (Å²) in [6.45, 7) is 0. The number of H-pyrrole nitrogens is 1. The minimum Gasteiger partial charge on any atom is -0.399 e. The zero-order valence-electron chi connectivity index (χ0n) is 8.79. The van der Waals surface area contributed by atoms with Gasteiger partial charge in [0.25, 0.3) is 5.91 Å². The number of aromatic nitrogens is 1. The molecule has 3 rings (SSSR count). The van der Waals surface area contributed by atoms with Gasteiger partial charge in [0, 0.05) is 28.8 Å². The van der Waals surface area contributed by atoms with Crippen LogP contribution >= 0.6 is 0 Å². The molecule has 0 atom stereocenters. The molecule has 1 fully saturated rings. The number of anilines is 1. The number of carbonyl (C=O) groups excluding carboxylic acids is 1. The highest BCUT2D eigenvalue weighted by Gasteiger charge is 2.24. The van der Waals surface area contributed by atoms with E-state index in [9.17, 15) is 4.79 Å². The number of carbonyl (C=O) groups is 1. The van der Waals surface area contributed by atoms with Crippen molar-refractivity contribution in [2.45, 2.75) is 18.9 Å². The first-order chi connectivity index (χ1) is 7.74. The molecule has 82 valence electrons. The van der Waals surface area contributed by atoms with E-state index in [2.05, 4.69) is 10.3 Å². The van der Waals surface area contributed by atoms with Crippen LogP contribution in [0.1, 0.15) is 23.2 Å². The standard InChI is InChI=1S/C12H13N3O/c13-7-1-4-9-10(6-14-11(9)5-7)12(16)15-8-2-3-8/h1,4-6,8,14H,2-3,13H2,(H,15,16). The smallest absolute Gasteiger partial charge is 0.253 e. The predicted octanol–water partition coefficient (Wildman–Crippen LogP) is 1.64. The molecule has 4 heteroatoms. The second-order valence-corrected chi connectivity index (χ2v) is 4.26. The molecule has 1 heterocycles. The van der Waals surface area contributed by atoms with Crippen LogP contribution in [0, 0.1) is 0 Å². The maximum Gasteiger partial charge on any atom is 0.253 e. The second kappa shape index (κ2) is 3.27. The molecule has 0 bridgehead atoms. The first kappa shape index (κ1) is 9.27. The Kier molecular flexibility index (Phi) is 1.89. The van der Waals surface area contributed by atoms with Gasteiger partial charge in [0.05, 0.1) is 5.56 Å². The summed E-state index contributed by atoms with van der Waals surface area (Å²) in [6.07, 6.45) is 3.93. The normalized spacial score (nSPS) is 15.2. The van der Waals surface area contributed by atoms with Crippen molar-refractivity contribution in [1.29, 1.82) is 0 Å². The summed E-state index contributed by atoms with van der Waals surface area (Å²) in [4.78, 5) is 15.0. The van der Waals surface area contributed by atoms with Gasteiger partial charge >= 0.3 is 0 Å². The maximum absolute atomic E-state index is 11.9. The number of aromatic amines is 1. The maximum atomic E-state index is 11.9. The number of nitrogen functional groups attached to an aromatic ring is 1.